The van der Waals surface area contributed by atoms with Crippen LogP contribution in [0.15, 0.2) is 27.4 Å². The molecule has 1 aromatic heterocycles. The normalized spacial score (nSPS) is 21.0. The zero-order valence-electron chi connectivity index (χ0n) is 14.6. The Labute approximate surface area is 141 Å². The van der Waals surface area contributed by atoms with Gasteiger partial charge in [0, 0.05) is 11.5 Å². The fourth-order valence-corrected chi connectivity index (χ4v) is 3.61. The second-order valence-corrected chi connectivity index (χ2v) is 6.78. The minimum atomic E-state index is -0.446. The molecule has 1 saturated carbocycles. The highest BCUT2D eigenvalue weighted by atomic mass is 16.5. The van der Waals surface area contributed by atoms with E-state index in [0.29, 0.717) is 28.7 Å². The first kappa shape index (κ1) is 16.7. The van der Waals surface area contributed by atoms with Crippen molar-refractivity contribution in [3.05, 3.63) is 45.3 Å². The quantitative estimate of drug-likeness (QED) is 0.774. The second kappa shape index (κ2) is 6.80. The number of benzene rings is 1. The Bertz CT molecular complexity index is 810. The Kier molecular flexibility index (Phi) is 4.74. The molecule has 0 aliphatic heterocycles. The summed E-state index contributed by atoms with van der Waals surface area (Å²) in [6, 6.07) is 5.07. The molecule has 4 heteroatoms. The van der Waals surface area contributed by atoms with Crippen LogP contribution in [0.2, 0.25) is 0 Å². The van der Waals surface area contributed by atoms with E-state index in [4.69, 9.17) is 9.15 Å². The molecule has 2 aromatic rings. The summed E-state index contributed by atoms with van der Waals surface area (Å²) in [5.41, 5.74) is 1.32. The summed E-state index contributed by atoms with van der Waals surface area (Å²) in [7, 11) is 0. The highest BCUT2D eigenvalue weighted by Crippen LogP contribution is 2.37. The van der Waals surface area contributed by atoms with Crippen LogP contribution in [-0.2, 0) is 4.74 Å². The summed E-state index contributed by atoms with van der Waals surface area (Å²) >= 11 is 0. The summed E-state index contributed by atoms with van der Waals surface area (Å²) < 4.78 is 11.3. The average molecular weight is 328 g/mol. The smallest absolute Gasteiger partial charge is 0.341 e. The lowest BCUT2D eigenvalue weighted by molar-refractivity contribution is 0.0527. The van der Waals surface area contributed by atoms with Crippen molar-refractivity contribution in [2.75, 3.05) is 6.61 Å². The predicted molar refractivity (Wildman–Crippen MR) is 93.6 cm³/mol. The molecule has 128 valence electrons. The molecule has 0 spiro atoms. The molecule has 1 heterocycles. The van der Waals surface area contributed by atoms with Gasteiger partial charge in [-0.1, -0.05) is 25.8 Å². The third-order valence-corrected chi connectivity index (χ3v) is 5.06. The van der Waals surface area contributed by atoms with Gasteiger partial charge in [-0.3, -0.25) is 4.79 Å². The van der Waals surface area contributed by atoms with Crippen LogP contribution >= 0.6 is 0 Å². The van der Waals surface area contributed by atoms with Crippen LogP contribution in [0.5, 0.6) is 0 Å². The number of para-hydroxylation sites is 1. The molecule has 0 bridgehead atoms. The van der Waals surface area contributed by atoms with E-state index in [9.17, 15) is 9.59 Å². The van der Waals surface area contributed by atoms with Gasteiger partial charge >= 0.3 is 5.97 Å². The molecule has 1 aliphatic rings. The van der Waals surface area contributed by atoms with Gasteiger partial charge in [0.05, 0.1) is 12.0 Å². The number of carbonyl (C=O) groups excluding carboxylic acids is 1. The molecule has 0 unspecified atom stereocenters. The van der Waals surface area contributed by atoms with Crippen LogP contribution in [0.25, 0.3) is 11.0 Å². The maximum atomic E-state index is 12.8. The fraction of sp³-hybridized carbons (Fsp3) is 0.500. The Morgan fingerprint density at radius 1 is 1.25 bits per heavy atom. The van der Waals surface area contributed by atoms with Crippen molar-refractivity contribution in [1.29, 1.82) is 0 Å². The van der Waals surface area contributed by atoms with E-state index >= 15 is 0 Å². The first-order valence-electron chi connectivity index (χ1n) is 8.76. The van der Waals surface area contributed by atoms with Gasteiger partial charge in [-0.15, -0.1) is 0 Å². The van der Waals surface area contributed by atoms with E-state index in [1.165, 1.54) is 0 Å². The van der Waals surface area contributed by atoms with E-state index in [1.54, 1.807) is 25.1 Å². The maximum absolute atomic E-state index is 12.8. The number of hydrogen-bond acceptors (Lipinski definition) is 4. The summed E-state index contributed by atoms with van der Waals surface area (Å²) in [4.78, 5) is 25.0. The summed E-state index contributed by atoms with van der Waals surface area (Å²) in [6.07, 6.45) is 4.34. The number of ether oxygens (including phenoxy) is 1. The van der Waals surface area contributed by atoms with Crippen molar-refractivity contribution < 1.29 is 13.9 Å². The molecule has 1 aromatic carbocycles. The van der Waals surface area contributed by atoms with Crippen molar-refractivity contribution >= 4 is 16.9 Å². The molecule has 0 amide bonds. The van der Waals surface area contributed by atoms with Crippen molar-refractivity contribution in [3.63, 3.8) is 0 Å². The molecule has 0 atom stereocenters. The SMILES string of the molecule is CCOC(=O)c1cccc2c(=O)c(C)c(C3CCC(C)CC3)oc12. The van der Waals surface area contributed by atoms with E-state index in [0.717, 1.165) is 37.4 Å². The van der Waals surface area contributed by atoms with Crippen LogP contribution in [0.3, 0.4) is 0 Å². The van der Waals surface area contributed by atoms with E-state index in [2.05, 4.69) is 6.92 Å². The van der Waals surface area contributed by atoms with Gasteiger partial charge in [0.1, 0.15) is 11.3 Å². The molecular weight excluding hydrogens is 304 g/mol. The highest BCUT2D eigenvalue weighted by Gasteiger charge is 2.26. The third-order valence-electron chi connectivity index (χ3n) is 5.06. The van der Waals surface area contributed by atoms with Crippen LogP contribution in [0.4, 0.5) is 0 Å². The van der Waals surface area contributed by atoms with Crippen LogP contribution in [-0.4, -0.2) is 12.6 Å². The Morgan fingerprint density at radius 3 is 2.62 bits per heavy atom. The number of carbonyl (C=O) groups is 1. The minimum absolute atomic E-state index is 0.0454. The molecule has 4 nitrogen and oxygen atoms in total. The first-order chi connectivity index (χ1) is 11.5. The zero-order chi connectivity index (χ0) is 17.3. The zero-order valence-corrected chi connectivity index (χ0v) is 14.6. The van der Waals surface area contributed by atoms with Crippen LogP contribution in [0, 0.1) is 12.8 Å². The predicted octanol–water partition coefficient (Wildman–Crippen LogP) is 4.57. The average Bonchev–Trinajstić information content (AvgIpc) is 2.58. The van der Waals surface area contributed by atoms with Crippen LogP contribution < -0.4 is 5.43 Å². The monoisotopic (exact) mass is 328 g/mol. The van der Waals surface area contributed by atoms with Gasteiger partial charge in [-0.05, 0) is 44.7 Å². The van der Waals surface area contributed by atoms with Gasteiger partial charge in [0.2, 0.25) is 0 Å². The van der Waals surface area contributed by atoms with Crippen molar-refractivity contribution in [2.45, 2.75) is 52.4 Å². The summed E-state index contributed by atoms with van der Waals surface area (Å²) in [6.45, 7) is 6.14. The summed E-state index contributed by atoms with van der Waals surface area (Å²) in [5, 5.41) is 0.450. The Hall–Kier alpha value is -2.10. The third kappa shape index (κ3) is 2.97. The van der Waals surface area contributed by atoms with Gasteiger partial charge < -0.3 is 9.15 Å². The molecule has 24 heavy (non-hydrogen) atoms. The molecule has 0 saturated heterocycles. The number of rotatable bonds is 3. The fourth-order valence-electron chi connectivity index (χ4n) is 3.61. The Balaban J connectivity index is 2.14. The van der Waals surface area contributed by atoms with Crippen molar-refractivity contribution in [1.82, 2.24) is 0 Å². The second-order valence-electron chi connectivity index (χ2n) is 6.78. The maximum Gasteiger partial charge on any atom is 0.341 e. The first-order valence-corrected chi connectivity index (χ1v) is 8.76. The van der Waals surface area contributed by atoms with Crippen LogP contribution in [0.1, 0.15) is 67.1 Å². The lowest BCUT2D eigenvalue weighted by Crippen LogP contribution is -2.17. The Morgan fingerprint density at radius 2 is 1.96 bits per heavy atom. The van der Waals surface area contributed by atoms with Crippen molar-refractivity contribution in [3.8, 4) is 0 Å². The van der Waals surface area contributed by atoms with Gasteiger partial charge in [0.15, 0.2) is 11.0 Å². The number of hydrogen-bond donors (Lipinski definition) is 0. The molecule has 1 aliphatic carbocycles. The molecule has 0 radical (unpaired) electrons. The van der Waals surface area contributed by atoms with E-state index in [1.807, 2.05) is 6.92 Å². The lowest BCUT2D eigenvalue weighted by Gasteiger charge is -2.26. The molecule has 0 N–H and O–H groups in total. The largest absolute Gasteiger partial charge is 0.462 e. The summed E-state index contributed by atoms with van der Waals surface area (Å²) in [5.74, 6) is 1.28. The molecule has 3 rings (SSSR count). The minimum Gasteiger partial charge on any atom is -0.462 e. The van der Waals surface area contributed by atoms with Gasteiger partial charge in [-0.25, -0.2) is 4.79 Å². The highest BCUT2D eigenvalue weighted by molar-refractivity contribution is 6.01. The van der Waals surface area contributed by atoms with E-state index < -0.39 is 5.97 Å². The lowest BCUT2D eigenvalue weighted by atomic mass is 9.80. The van der Waals surface area contributed by atoms with Gasteiger partial charge in [-0.2, -0.15) is 0 Å². The van der Waals surface area contributed by atoms with Crippen molar-refractivity contribution in [2.24, 2.45) is 5.92 Å². The van der Waals surface area contributed by atoms with E-state index in [-0.39, 0.29) is 11.3 Å². The van der Waals surface area contributed by atoms with Gasteiger partial charge in [0.25, 0.3) is 0 Å². The number of fused-ring (bicyclic) bond motifs is 1. The topological polar surface area (TPSA) is 56.5 Å². The molecule has 1 fully saturated rings. The number of esters is 1. The standard InChI is InChI=1S/C20H24O4/c1-4-23-20(22)16-7-5-6-15-17(21)13(3)18(24-19(15)16)14-10-8-12(2)9-11-14/h5-7,12,14H,4,8-11H2,1-3H3. The molecular formula is C20H24O4.